The molecule has 0 radical (unpaired) electrons. The quantitative estimate of drug-likeness (QED) is 0.906. The Bertz CT molecular complexity index is 659. The maximum Gasteiger partial charge on any atom is 0.238 e. The van der Waals surface area contributed by atoms with Crippen molar-refractivity contribution in [3.63, 3.8) is 0 Å². The predicted molar refractivity (Wildman–Crippen MR) is 88.7 cm³/mol. The van der Waals surface area contributed by atoms with Gasteiger partial charge in [-0.15, -0.1) is 12.4 Å². The lowest BCUT2D eigenvalue weighted by molar-refractivity contribution is -0.133. The second-order valence-corrected chi connectivity index (χ2v) is 6.17. The van der Waals surface area contributed by atoms with Crippen molar-refractivity contribution in [3.05, 3.63) is 24.3 Å². The second-order valence-electron chi connectivity index (χ2n) is 6.17. The maximum atomic E-state index is 12.6. The number of carbonyl (C=O) groups excluding carboxylic acids is 1. The van der Waals surface area contributed by atoms with E-state index in [1.165, 1.54) is 0 Å². The van der Waals surface area contributed by atoms with E-state index in [-0.39, 0.29) is 18.3 Å². The predicted octanol–water partition coefficient (Wildman–Crippen LogP) is 2.04. The Hall–Kier alpha value is -1.86. The van der Waals surface area contributed by atoms with Crippen molar-refractivity contribution >= 4 is 18.3 Å². The molecule has 0 aliphatic carbocycles. The summed E-state index contributed by atoms with van der Waals surface area (Å²) in [5, 5.41) is 7.30. The van der Waals surface area contributed by atoms with Crippen molar-refractivity contribution in [2.24, 2.45) is 0 Å². The molecule has 130 valence electrons. The summed E-state index contributed by atoms with van der Waals surface area (Å²) in [4.78, 5) is 19.0. The smallest absolute Gasteiger partial charge is 0.238 e. The van der Waals surface area contributed by atoms with Crippen LogP contribution in [0.15, 0.2) is 27.3 Å². The fourth-order valence-electron chi connectivity index (χ4n) is 3.59. The van der Waals surface area contributed by atoms with E-state index in [0.717, 1.165) is 32.4 Å². The van der Waals surface area contributed by atoms with Gasteiger partial charge in [0.2, 0.25) is 17.6 Å². The molecule has 1 amide bonds. The number of rotatable bonds is 4. The minimum atomic E-state index is 0. The molecule has 2 aromatic rings. The van der Waals surface area contributed by atoms with Crippen LogP contribution in [-0.4, -0.2) is 46.1 Å². The van der Waals surface area contributed by atoms with Crippen LogP contribution in [0.1, 0.15) is 31.6 Å². The molecule has 0 aromatic carbocycles. The Kier molecular flexibility index (Phi) is 5.20. The lowest BCUT2D eigenvalue weighted by Gasteiger charge is -2.27. The molecule has 0 spiro atoms. The van der Waals surface area contributed by atoms with Crippen LogP contribution in [0.5, 0.6) is 0 Å². The van der Waals surface area contributed by atoms with Crippen molar-refractivity contribution in [3.8, 4) is 11.6 Å². The average Bonchev–Trinajstić information content (AvgIpc) is 3.23. The highest BCUT2D eigenvalue weighted by Gasteiger charge is 2.37. The van der Waals surface area contributed by atoms with E-state index >= 15 is 0 Å². The lowest BCUT2D eigenvalue weighted by Crippen LogP contribution is -2.42. The second kappa shape index (κ2) is 7.36. The Morgan fingerprint density at radius 3 is 3.04 bits per heavy atom. The number of hydrogen-bond donors (Lipinski definition) is 1. The number of nitrogens with zero attached hydrogens (tertiary/aromatic N) is 3. The van der Waals surface area contributed by atoms with Crippen LogP contribution in [0.25, 0.3) is 11.6 Å². The van der Waals surface area contributed by atoms with Gasteiger partial charge in [0.05, 0.1) is 6.26 Å². The average molecular weight is 353 g/mol. The van der Waals surface area contributed by atoms with Crippen LogP contribution < -0.4 is 5.32 Å². The van der Waals surface area contributed by atoms with Crippen LogP contribution in [0, 0.1) is 0 Å². The summed E-state index contributed by atoms with van der Waals surface area (Å²) >= 11 is 0. The highest BCUT2D eigenvalue weighted by molar-refractivity contribution is 5.85. The van der Waals surface area contributed by atoms with E-state index in [4.69, 9.17) is 8.94 Å². The molecule has 2 aromatic heterocycles. The monoisotopic (exact) mass is 352 g/mol. The molecule has 2 atom stereocenters. The summed E-state index contributed by atoms with van der Waals surface area (Å²) < 4.78 is 10.5. The molecule has 24 heavy (non-hydrogen) atoms. The molecule has 0 saturated carbocycles. The summed E-state index contributed by atoms with van der Waals surface area (Å²) in [6.07, 6.45) is 5.72. The van der Waals surface area contributed by atoms with E-state index in [1.54, 1.807) is 18.4 Å². The molecular formula is C16H21ClN4O3. The zero-order chi connectivity index (χ0) is 15.6. The lowest BCUT2D eigenvalue weighted by atomic mass is 10.1. The number of aromatic nitrogens is 2. The number of aryl methyl sites for hydroxylation is 1. The molecule has 2 aliphatic rings. The van der Waals surface area contributed by atoms with Crippen LogP contribution in [0.4, 0.5) is 0 Å². The summed E-state index contributed by atoms with van der Waals surface area (Å²) in [6, 6.07) is 4.29. The number of carbonyl (C=O) groups is 1. The van der Waals surface area contributed by atoms with Crippen molar-refractivity contribution in [2.75, 3.05) is 13.1 Å². The van der Waals surface area contributed by atoms with Gasteiger partial charge in [-0.05, 0) is 37.9 Å². The number of nitrogens with one attached hydrogen (secondary N) is 1. The van der Waals surface area contributed by atoms with Crippen LogP contribution in [0.2, 0.25) is 0 Å². The zero-order valence-corrected chi connectivity index (χ0v) is 14.1. The summed E-state index contributed by atoms with van der Waals surface area (Å²) in [5.41, 5.74) is 0. The zero-order valence-electron chi connectivity index (χ0n) is 13.3. The first-order valence-corrected chi connectivity index (χ1v) is 8.19. The van der Waals surface area contributed by atoms with Crippen molar-refractivity contribution < 1.29 is 13.7 Å². The van der Waals surface area contributed by atoms with Crippen LogP contribution in [0.3, 0.4) is 0 Å². The van der Waals surface area contributed by atoms with E-state index in [0.29, 0.717) is 42.4 Å². The Morgan fingerprint density at radius 1 is 1.33 bits per heavy atom. The van der Waals surface area contributed by atoms with Gasteiger partial charge < -0.3 is 19.2 Å². The summed E-state index contributed by atoms with van der Waals surface area (Å²) in [7, 11) is 0. The minimum Gasteiger partial charge on any atom is -0.461 e. The fraction of sp³-hybridized carbons (Fsp3) is 0.562. The van der Waals surface area contributed by atoms with Gasteiger partial charge in [0.1, 0.15) is 0 Å². The highest BCUT2D eigenvalue weighted by atomic mass is 35.5. The molecule has 2 unspecified atom stereocenters. The van der Waals surface area contributed by atoms with Gasteiger partial charge in [-0.25, -0.2) is 0 Å². The van der Waals surface area contributed by atoms with E-state index in [2.05, 4.69) is 20.4 Å². The fourth-order valence-corrected chi connectivity index (χ4v) is 3.59. The van der Waals surface area contributed by atoms with Gasteiger partial charge in [-0.2, -0.15) is 4.98 Å². The van der Waals surface area contributed by atoms with E-state index in [1.807, 2.05) is 0 Å². The Balaban J connectivity index is 0.00000169. The van der Waals surface area contributed by atoms with Gasteiger partial charge in [0.25, 0.3) is 0 Å². The third-order valence-electron chi connectivity index (χ3n) is 4.70. The molecule has 4 rings (SSSR count). The van der Waals surface area contributed by atoms with Gasteiger partial charge in [-0.1, -0.05) is 5.16 Å². The third-order valence-corrected chi connectivity index (χ3v) is 4.70. The first kappa shape index (κ1) is 17.0. The normalized spacial score (nSPS) is 22.9. The van der Waals surface area contributed by atoms with Gasteiger partial charge in [0.15, 0.2) is 5.76 Å². The standard InChI is InChI=1S/C16H20N4O3.ClH/c21-15(20-11-3-4-12(20)10-17-8-7-11)6-5-14-18-16(19-23-14)13-2-1-9-22-13;/h1-2,9,11-12,17H,3-8,10H2;1H. The van der Waals surface area contributed by atoms with E-state index in [9.17, 15) is 4.79 Å². The number of hydrogen-bond acceptors (Lipinski definition) is 6. The van der Waals surface area contributed by atoms with E-state index < -0.39 is 0 Å². The molecule has 8 heteroatoms. The SMILES string of the molecule is Cl.O=C(CCc1nc(-c2ccco2)no1)N1C2CCNCC1CC2. The van der Waals surface area contributed by atoms with Crippen molar-refractivity contribution in [1.29, 1.82) is 0 Å². The van der Waals surface area contributed by atoms with Crippen LogP contribution >= 0.6 is 12.4 Å². The van der Waals surface area contributed by atoms with Gasteiger partial charge in [-0.3, -0.25) is 4.79 Å². The number of halogens is 1. The topological polar surface area (TPSA) is 84.4 Å². The first-order valence-electron chi connectivity index (χ1n) is 8.19. The molecule has 2 bridgehead atoms. The molecule has 7 nitrogen and oxygen atoms in total. The Morgan fingerprint density at radius 2 is 2.21 bits per heavy atom. The third kappa shape index (κ3) is 3.32. The maximum absolute atomic E-state index is 12.6. The molecular weight excluding hydrogens is 332 g/mol. The molecule has 1 N–H and O–H groups in total. The molecule has 4 heterocycles. The first-order chi connectivity index (χ1) is 11.3. The summed E-state index contributed by atoms with van der Waals surface area (Å²) in [5.74, 6) is 1.67. The van der Waals surface area contributed by atoms with Crippen molar-refractivity contribution in [2.45, 2.75) is 44.2 Å². The summed E-state index contributed by atoms with van der Waals surface area (Å²) in [6.45, 7) is 1.91. The highest BCUT2D eigenvalue weighted by Crippen LogP contribution is 2.28. The molecule has 2 fully saturated rings. The number of fused-ring (bicyclic) bond motifs is 2. The van der Waals surface area contributed by atoms with Gasteiger partial charge >= 0.3 is 0 Å². The largest absolute Gasteiger partial charge is 0.461 e. The number of furan rings is 1. The Labute approximate surface area is 146 Å². The molecule has 2 aliphatic heterocycles. The number of amides is 1. The van der Waals surface area contributed by atoms with Gasteiger partial charge in [0, 0.05) is 31.5 Å². The molecule has 2 saturated heterocycles. The minimum absolute atomic E-state index is 0. The van der Waals surface area contributed by atoms with Crippen LogP contribution in [-0.2, 0) is 11.2 Å². The van der Waals surface area contributed by atoms with Crippen molar-refractivity contribution in [1.82, 2.24) is 20.4 Å².